The second-order valence-corrected chi connectivity index (χ2v) is 9.82. The van der Waals surface area contributed by atoms with E-state index in [0.717, 1.165) is 33.5 Å². The van der Waals surface area contributed by atoms with Crippen LogP contribution in [-0.2, 0) is 17.6 Å². The number of aromatic nitrogens is 2. The van der Waals surface area contributed by atoms with Gasteiger partial charge in [-0.2, -0.15) is 18.3 Å². The summed E-state index contributed by atoms with van der Waals surface area (Å²) in [5, 5.41) is 14.5. The van der Waals surface area contributed by atoms with Gasteiger partial charge in [0.2, 0.25) is 0 Å². The van der Waals surface area contributed by atoms with Crippen LogP contribution in [0, 0.1) is 0 Å². The molecule has 0 saturated carbocycles. The second-order valence-electron chi connectivity index (χ2n) is 8.13. The molecule has 3 aromatic carbocycles. The molecule has 5 nitrogen and oxygen atoms in total. The Hall–Kier alpha value is -3.46. The first kappa shape index (κ1) is 23.7. The van der Waals surface area contributed by atoms with E-state index in [9.17, 15) is 23.1 Å². The highest BCUT2D eigenvalue weighted by molar-refractivity contribution is 8.01. The van der Waals surface area contributed by atoms with Crippen molar-refractivity contribution in [3.8, 4) is 11.4 Å². The molecule has 0 aliphatic carbocycles. The number of carboxylic acid groups (broad SMARTS) is 1. The zero-order chi connectivity index (χ0) is 24.5. The molecular weight excluding hydrogens is 465 g/mol. The number of halogens is 3. The van der Waals surface area contributed by atoms with Gasteiger partial charge in [-0.3, -0.25) is 4.79 Å². The summed E-state index contributed by atoms with van der Waals surface area (Å²) in [4.78, 5) is 12.1. The Kier molecular flexibility index (Phi) is 6.31. The molecule has 0 aliphatic rings. The van der Waals surface area contributed by atoms with E-state index in [2.05, 4.69) is 5.10 Å². The van der Waals surface area contributed by atoms with E-state index in [1.165, 1.54) is 23.9 Å². The van der Waals surface area contributed by atoms with Crippen LogP contribution in [-0.4, -0.2) is 25.6 Å². The van der Waals surface area contributed by atoms with Crippen molar-refractivity contribution in [3.05, 3.63) is 84.1 Å². The molecule has 0 bridgehead atoms. The fourth-order valence-corrected chi connectivity index (χ4v) is 4.29. The Labute approximate surface area is 198 Å². The summed E-state index contributed by atoms with van der Waals surface area (Å²) in [7, 11) is 0. The predicted molar refractivity (Wildman–Crippen MR) is 124 cm³/mol. The van der Waals surface area contributed by atoms with Crippen molar-refractivity contribution < 1.29 is 27.8 Å². The Balaban J connectivity index is 1.50. The number of carbonyl (C=O) groups is 1. The number of hydrogen-bond donors (Lipinski definition) is 1. The molecule has 0 spiro atoms. The number of alkyl halides is 3. The fraction of sp³-hybridized carbons (Fsp3) is 0.200. The van der Waals surface area contributed by atoms with Crippen molar-refractivity contribution in [2.45, 2.75) is 36.3 Å². The number of ether oxygens (including phenoxy) is 1. The maximum Gasteiger partial charge on any atom is 0.416 e. The lowest BCUT2D eigenvalue weighted by atomic mass is 10.1. The highest BCUT2D eigenvalue weighted by Crippen LogP contribution is 2.34. The van der Waals surface area contributed by atoms with Gasteiger partial charge in [0.05, 0.1) is 23.0 Å². The molecule has 0 atom stereocenters. The van der Waals surface area contributed by atoms with Crippen LogP contribution in [0.3, 0.4) is 0 Å². The molecule has 1 N–H and O–H groups in total. The number of rotatable bonds is 7. The fourth-order valence-electron chi connectivity index (χ4n) is 3.34. The molecule has 4 aromatic rings. The van der Waals surface area contributed by atoms with Crippen LogP contribution in [0.4, 0.5) is 13.2 Å². The standard InChI is InChI=1S/C25H21F3N2O3S/c1-24(2,23(31)32)34-20-12-10-19(11-13-20)33-15-16-4-3-5-22-21(16)14-29-30(22)18-8-6-17(7-9-18)25(26,27)28/h3-14H,15H2,1-2H3,(H,31,32). The van der Waals surface area contributed by atoms with Crippen LogP contribution in [0.5, 0.6) is 5.75 Å². The topological polar surface area (TPSA) is 64.4 Å². The number of aliphatic carboxylic acids is 1. The summed E-state index contributed by atoms with van der Waals surface area (Å²) >= 11 is 1.25. The first-order valence-electron chi connectivity index (χ1n) is 10.3. The molecule has 0 aliphatic heterocycles. The van der Waals surface area contributed by atoms with E-state index in [-0.39, 0.29) is 6.61 Å². The van der Waals surface area contributed by atoms with Crippen molar-refractivity contribution in [1.82, 2.24) is 9.78 Å². The van der Waals surface area contributed by atoms with E-state index in [1.807, 2.05) is 30.3 Å². The monoisotopic (exact) mass is 486 g/mol. The Bertz CT molecular complexity index is 1310. The van der Waals surface area contributed by atoms with Crippen molar-refractivity contribution in [1.29, 1.82) is 0 Å². The minimum Gasteiger partial charge on any atom is -0.489 e. The molecule has 1 aromatic heterocycles. The first-order chi connectivity index (χ1) is 16.0. The van der Waals surface area contributed by atoms with E-state index < -0.39 is 22.5 Å². The quantitative estimate of drug-likeness (QED) is 0.299. The molecular formula is C25H21F3N2O3S. The molecule has 1 heterocycles. The normalized spacial score (nSPS) is 12.1. The lowest BCUT2D eigenvalue weighted by Crippen LogP contribution is -2.26. The summed E-state index contributed by atoms with van der Waals surface area (Å²) < 4.78 is 45.1. The van der Waals surface area contributed by atoms with Gasteiger partial charge < -0.3 is 9.84 Å². The van der Waals surface area contributed by atoms with E-state index >= 15 is 0 Å². The van der Waals surface area contributed by atoms with Gasteiger partial charge in [0.1, 0.15) is 17.1 Å². The van der Waals surface area contributed by atoms with Gasteiger partial charge in [0.15, 0.2) is 0 Å². The van der Waals surface area contributed by atoms with Gasteiger partial charge in [0, 0.05) is 15.8 Å². The third-order valence-electron chi connectivity index (χ3n) is 5.25. The van der Waals surface area contributed by atoms with Gasteiger partial charge >= 0.3 is 12.1 Å². The zero-order valence-corrected chi connectivity index (χ0v) is 19.2. The van der Waals surface area contributed by atoms with Gasteiger partial charge in [-0.25, -0.2) is 4.68 Å². The summed E-state index contributed by atoms with van der Waals surface area (Å²) in [6, 6.07) is 17.6. The van der Waals surface area contributed by atoms with Crippen LogP contribution in [0.2, 0.25) is 0 Å². The van der Waals surface area contributed by atoms with E-state index in [1.54, 1.807) is 36.9 Å². The zero-order valence-electron chi connectivity index (χ0n) is 18.3. The predicted octanol–water partition coefficient (Wildman–Crippen LogP) is 6.58. The van der Waals surface area contributed by atoms with Crippen LogP contribution in [0.15, 0.2) is 77.8 Å². The van der Waals surface area contributed by atoms with Gasteiger partial charge in [-0.1, -0.05) is 12.1 Å². The van der Waals surface area contributed by atoms with Crippen LogP contribution >= 0.6 is 11.8 Å². The number of fused-ring (bicyclic) bond motifs is 1. The van der Waals surface area contributed by atoms with Crippen LogP contribution in [0.1, 0.15) is 25.0 Å². The summed E-state index contributed by atoms with van der Waals surface area (Å²) in [6.07, 6.45) is -2.72. The van der Waals surface area contributed by atoms with E-state index in [4.69, 9.17) is 4.74 Å². The van der Waals surface area contributed by atoms with Crippen molar-refractivity contribution >= 4 is 28.6 Å². The second kappa shape index (κ2) is 9.06. The third kappa shape index (κ3) is 5.04. The highest BCUT2D eigenvalue weighted by Gasteiger charge is 2.30. The maximum atomic E-state index is 12.9. The summed E-state index contributed by atoms with van der Waals surface area (Å²) in [5.74, 6) is -0.257. The molecule has 0 amide bonds. The van der Waals surface area contributed by atoms with Gasteiger partial charge in [-0.15, -0.1) is 11.8 Å². The summed E-state index contributed by atoms with van der Waals surface area (Å²) in [5.41, 5.74) is 1.45. The smallest absolute Gasteiger partial charge is 0.416 e. The van der Waals surface area contributed by atoms with Crippen LogP contribution in [0.25, 0.3) is 16.6 Å². The summed E-state index contributed by atoms with van der Waals surface area (Å²) in [6.45, 7) is 3.56. The minimum atomic E-state index is -4.39. The molecule has 0 radical (unpaired) electrons. The lowest BCUT2D eigenvalue weighted by molar-refractivity contribution is -0.139. The number of hydrogen-bond acceptors (Lipinski definition) is 4. The Morgan fingerprint density at radius 2 is 1.71 bits per heavy atom. The van der Waals surface area contributed by atoms with Gasteiger partial charge in [0.25, 0.3) is 0 Å². The molecule has 4 rings (SSSR count). The lowest BCUT2D eigenvalue weighted by Gasteiger charge is -2.18. The molecule has 0 saturated heterocycles. The largest absolute Gasteiger partial charge is 0.489 e. The van der Waals surface area contributed by atoms with Gasteiger partial charge in [-0.05, 0) is 68.4 Å². The Morgan fingerprint density at radius 3 is 2.32 bits per heavy atom. The minimum absolute atomic E-state index is 0.267. The average Bonchev–Trinajstić information content (AvgIpc) is 3.22. The first-order valence-corrected chi connectivity index (χ1v) is 11.1. The molecule has 34 heavy (non-hydrogen) atoms. The average molecular weight is 487 g/mol. The number of benzene rings is 3. The molecule has 0 unspecified atom stereocenters. The molecule has 9 heteroatoms. The number of nitrogens with zero attached hydrogens (tertiary/aromatic N) is 2. The van der Waals surface area contributed by atoms with Crippen molar-refractivity contribution in [3.63, 3.8) is 0 Å². The van der Waals surface area contributed by atoms with Crippen LogP contribution < -0.4 is 4.74 Å². The number of carboxylic acids is 1. The third-order valence-corrected chi connectivity index (χ3v) is 6.44. The molecule has 176 valence electrons. The van der Waals surface area contributed by atoms with Crippen molar-refractivity contribution in [2.75, 3.05) is 0 Å². The maximum absolute atomic E-state index is 12.9. The van der Waals surface area contributed by atoms with E-state index in [0.29, 0.717) is 11.4 Å². The number of thioether (sulfide) groups is 1. The van der Waals surface area contributed by atoms with Crippen molar-refractivity contribution in [2.24, 2.45) is 0 Å². The molecule has 0 fully saturated rings. The highest BCUT2D eigenvalue weighted by atomic mass is 32.2. The Morgan fingerprint density at radius 1 is 1.03 bits per heavy atom. The SMILES string of the molecule is CC(C)(Sc1ccc(OCc2cccc3c2cnn3-c2ccc(C(F)(F)F)cc2)cc1)C(=O)O.